The van der Waals surface area contributed by atoms with Gasteiger partial charge in [-0.25, -0.2) is 0 Å². The van der Waals surface area contributed by atoms with Crippen LogP contribution in [0.25, 0.3) is 0 Å². The van der Waals surface area contributed by atoms with Crippen LogP contribution in [-0.4, -0.2) is 37.2 Å². The summed E-state index contributed by atoms with van der Waals surface area (Å²) in [5, 5.41) is 0. The molecule has 6 heteroatoms. The van der Waals surface area contributed by atoms with Crippen molar-refractivity contribution in [3.05, 3.63) is 109 Å². The van der Waals surface area contributed by atoms with Crippen LogP contribution in [0.3, 0.4) is 0 Å². The first-order valence-corrected chi connectivity index (χ1v) is 31.4. The van der Waals surface area contributed by atoms with Crippen molar-refractivity contribution in [3.63, 3.8) is 0 Å². The van der Waals surface area contributed by atoms with Crippen LogP contribution >= 0.6 is 0 Å². The van der Waals surface area contributed by atoms with Crippen LogP contribution in [0.2, 0.25) is 0 Å². The van der Waals surface area contributed by atoms with Gasteiger partial charge in [-0.2, -0.15) is 0 Å². The van der Waals surface area contributed by atoms with Crippen LogP contribution in [0.1, 0.15) is 290 Å². The number of hydrogen-bond acceptors (Lipinski definition) is 6. The molecule has 0 aliphatic heterocycles. The summed E-state index contributed by atoms with van der Waals surface area (Å²) in [7, 11) is 0. The van der Waals surface area contributed by atoms with Gasteiger partial charge in [-0.1, -0.05) is 278 Å². The molecule has 0 heterocycles. The molecule has 0 aromatic carbocycles. The molecule has 75 heavy (non-hydrogen) atoms. The number of esters is 3. The van der Waals surface area contributed by atoms with Gasteiger partial charge in [0.25, 0.3) is 0 Å². The third-order valence-electron chi connectivity index (χ3n) is 13.3. The maximum absolute atomic E-state index is 12.9. The van der Waals surface area contributed by atoms with Gasteiger partial charge in [-0.05, 0) is 103 Å². The second kappa shape index (κ2) is 62.6. The number of rotatable bonds is 56. The average molecular weight is 1040 g/mol. The quantitative estimate of drug-likeness (QED) is 0.0261. The lowest BCUT2D eigenvalue weighted by atomic mass is 10.0. The molecule has 0 fully saturated rings. The number of carbonyl (C=O) groups is 3. The molecule has 1 unspecified atom stereocenters. The first kappa shape index (κ1) is 71.1. The molecular formula is C69H116O6. The number of hydrogen-bond donors (Lipinski definition) is 0. The highest BCUT2D eigenvalue weighted by molar-refractivity contribution is 5.72. The predicted octanol–water partition coefficient (Wildman–Crippen LogP) is 21.4. The molecule has 1 atom stereocenters. The summed E-state index contributed by atoms with van der Waals surface area (Å²) in [6, 6.07) is 0. The van der Waals surface area contributed by atoms with Crippen molar-refractivity contribution in [3.8, 4) is 0 Å². The average Bonchev–Trinajstić information content (AvgIpc) is 3.41. The van der Waals surface area contributed by atoms with E-state index in [1.165, 1.54) is 148 Å². The smallest absolute Gasteiger partial charge is 0.309 e. The maximum Gasteiger partial charge on any atom is 0.309 e. The Morgan fingerprint density at radius 2 is 0.573 bits per heavy atom. The van der Waals surface area contributed by atoms with E-state index >= 15 is 0 Å². The zero-order valence-corrected chi connectivity index (χ0v) is 49.0. The van der Waals surface area contributed by atoms with Gasteiger partial charge in [0.15, 0.2) is 6.10 Å². The fourth-order valence-corrected chi connectivity index (χ4v) is 8.64. The highest BCUT2D eigenvalue weighted by Gasteiger charge is 2.19. The van der Waals surface area contributed by atoms with E-state index in [9.17, 15) is 14.4 Å². The molecule has 0 spiro atoms. The Morgan fingerprint density at radius 1 is 0.293 bits per heavy atom. The van der Waals surface area contributed by atoms with Crippen molar-refractivity contribution < 1.29 is 28.6 Å². The minimum atomic E-state index is -0.826. The van der Waals surface area contributed by atoms with Crippen LogP contribution < -0.4 is 0 Å². The first-order valence-electron chi connectivity index (χ1n) is 31.4. The molecule has 0 rings (SSSR count). The number of ether oxygens (including phenoxy) is 3. The Morgan fingerprint density at radius 3 is 0.947 bits per heavy atom. The monoisotopic (exact) mass is 1040 g/mol. The Labute approximate surface area is 463 Å². The van der Waals surface area contributed by atoms with Gasteiger partial charge in [-0.15, -0.1) is 0 Å². The van der Waals surface area contributed by atoms with Gasteiger partial charge in [0, 0.05) is 12.8 Å². The van der Waals surface area contributed by atoms with Crippen LogP contribution in [0, 0.1) is 0 Å². The summed E-state index contributed by atoms with van der Waals surface area (Å²) >= 11 is 0. The third kappa shape index (κ3) is 60.8. The van der Waals surface area contributed by atoms with Gasteiger partial charge in [0.1, 0.15) is 13.2 Å². The molecule has 6 nitrogen and oxygen atoms in total. The molecule has 0 aromatic rings. The molecule has 0 N–H and O–H groups in total. The van der Waals surface area contributed by atoms with Crippen molar-refractivity contribution in [1.29, 1.82) is 0 Å². The van der Waals surface area contributed by atoms with Crippen molar-refractivity contribution in [2.24, 2.45) is 0 Å². The lowest BCUT2D eigenvalue weighted by molar-refractivity contribution is -0.166. The number of allylic oxidation sites excluding steroid dienone is 17. The third-order valence-corrected chi connectivity index (χ3v) is 13.3. The van der Waals surface area contributed by atoms with Gasteiger partial charge in [0.05, 0.1) is 6.42 Å². The molecule has 0 bridgehead atoms. The Bertz CT molecular complexity index is 1520. The van der Waals surface area contributed by atoms with Crippen molar-refractivity contribution in [2.75, 3.05) is 13.2 Å². The van der Waals surface area contributed by atoms with Gasteiger partial charge in [0.2, 0.25) is 0 Å². The lowest BCUT2D eigenvalue weighted by Crippen LogP contribution is -2.30. The second-order valence-electron chi connectivity index (χ2n) is 20.6. The summed E-state index contributed by atoms with van der Waals surface area (Å²) in [5.74, 6) is -1.05. The summed E-state index contributed by atoms with van der Waals surface area (Å²) in [6.45, 7) is 6.34. The molecule has 0 radical (unpaired) electrons. The van der Waals surface area contributed by atoms with Gasteiger partial charge >= 0.3 is 17.9 Å². The molecule has 0 aliphatic carbocycles. The van der Waals surface area contributed by atoms with Crippen LogP contribution in [0.4, 0.5) is 0 Å². The van der Waals surface area contributed by atoms with E-state index in [1.807, 2.05) is 6.08 Å². The van der Waals surface area contributed by atoms with Crippen LogP contribution in [0.5, 0.6) is 0 Å². The second-order valence-corrected chi connectivity index (χ2v) is 20.6. The van der Waals surface area contributed by atoms with E-state index in [1.54, 1.807) is 6.08 Å². The normalized spacial score (nSPS) is 12.8. The summed E-state index contributed by atoms with van der Waals surface area (Å²) in [6.07, 6.45) is 85.5. The van der Waals surface area contributed by atoms with E-state index in [-0.39, 0.29) is 31.6 Å². The molecule has 0 saturated heterocycles. The van der Waals surface area contributed by atoms with E-state index < -0.39 is 12.1 Å². The fourth-order valence-electron chi connectivity index (χ4n) is 8.64. The van der Waals surface area contributed by atoms with Gasteiger partial charge in [-0.3, -0.25) is 14.4 Å². The maximum atomic E-state index is 12.9. The molecule has 428 valence electrons. The largest absolute Gasteiger partial charge is 0.462 e. The van der Waals surface area contributed by atoms with Crippen molar-refractivity contribution >= 4 is 17.9 Å². The van der Waals surface area contributed by atoms with E-state index in [2.05, 4.69) is 118 Å². The van der Waals surface area contributed by atoms with Gasteiger partial charge < -0.3 is 14.2 Å². The lowest BCUT2D eigenvalue weighted by Gasteiger charge is -2.18. The van der Waals surface area contributed by atoms with Crippen LogP contribution in [-0.2, 0) is 28.6 Å². The molecule has 0 saturated carbocycles. The van der Waals surface area contributed by atoms with Crippen LogP contribution in [0.15, 0.2) is 109 Å². The number of unbranched alkanes of at least 4 members (excludes halogenated alkanes) is 28. The minimum Gasteiger partial charge on any atom is -0.462 e. The first-order chi connectivity index (χ1) is 37.0. The van der Waals surface area contributed by atoms with Crippen molar-refractivity contribution in [1.82, 2.24) is 0 Å². The molecule has 0 amide bonds. The molecular weight excluding hydrogens is 925 g/mol. The fraction of sp³-hybridized carbons (Fsp3) is 0.696. The van der Waals surface area contributed by atoms with E-state index in [0.29, 0.717) is 12.8 Å². The summed E-state index contributed by atoms with van der Waals surface area (Å²) in [4.78, 5) is 38.2. The predicted molar refractivity (Wildman–Crippen MR) is 325 cm³/mol. The summed E-state index contributed by atoms with van der Waals surface area (Å²) in [5.41, 5.74) is 0. The highest BCUT2D eigenvalue weighted by atomic mass is 16.6. The highest BCUT2D eigenvalue weighted by Crippen LogP contribution is 2.16. The number of carbonyl (C=O) groups excluding carboxylic acids is 3. The Kier molecular flexibility index (Phi) is 59.3. The minimum absolute atomic E-state index is 0.112. The summed E-state index contributed by atoms with van der Waals surface area (Å²) < 4.78 is 16.8. The topological polar surface area (TPSA) is 78.9 Å². The molecule has 0 aliphatic rings. The zero-order chi connectivity index (χ0) is 54.3. The zero-order valence-electron chi connectivity index (χ0n) is 49.0. The van der Waals surface area contributed by atoms with E-state index in [4.69, 9.17) is 14.2 Å². The molecule has 0 aromatic heterocycles. The Hall–Kier alpha value is -3.93. The Balaban J connectivity index is 4.39. The van der Waals surface area contributed by atoms with Crippen molar-refractivity contribution in [2.45, 2.75) is 297 Å². The standard InChI is InChI=1S/C69H116O6/c1-4-7-10-13-16-19-22-25-28-30-31-32-33-34-35-36-37-39-41-44-47-50-53-56-59-62-68(71)74-65-66(64-73-67(70)61-58-55-52-49-46-43-40-27-24-21-18-15-12-9-6-3)75-69(72)63-60-57-54-51-48-45-42-38-29-26-23-20-17-14-11-8-5-2/h8-9,11-12,17-18,20-21,26-27,29-31,40,46,49,55,58,66H,4-7,10,13-16,19,22-25,28,32-39,41-45,47-48,50-54,56-57,59-65H2,1-3H3/b11-8-,12-9-,20-17-,21-18-,29-26-,31-30-,40-27-,49-46-,58-55-. The SMILES string of the molecule is CC/C=C\C/C=C\C/C=C\C/C=C\C/C=C\CC(=O)OCC(COC(=O)CCCCCCCCCCCCCCC/C=C\CCCCCCCCCC)OC(=O)CCCCCCCCC/C=C\C/C=C\C/C=C\CC. The van der Waals surface area contributed by atoms with E-state index in [0.717, 1.165) is 103 Å².